The summed E-state index contributed by atoms with van der Waals surface area (Å²) in [5.74, 6) is 0. The molecule has 1 aromatic rings. The van der Waals surface area contributed by atoms with E-state index in [1.54, 1.807) is 18.2 Å². The molecule has 82 valence electrons. The third-order valence-corrected chi connectivity index (χ3v) is 3.24. The molecule has 0 unspecified atom stereocenters. The Bertz CT molecular complexity index is 343. The summed E-state index contributed by atoms with van der Waals surface area (Å²) >= 11 is 6.00. The van der Waals surface area contributed by atoms with Gasteiger partial charge in [-0.15, -0.1) is 0 Å². The zero-order valence-electron chi connectivity index (χ0n) is 8.46. The van der Waals surface area contributed by atoms with Gasteiger partial charge in [0.25, 0.3) is 0 Å². The molecule has 0 bridgehead atoms. The Hall–Kier alpha value is -0.930. The van der Waals surface area contributed by atoms with Gasteiger partial charge in [0.15, 0.2) is 0 Å². The van der Waals surface area contributed by atoms with Gasteiger partial charge in [-0.05, 0) is 31.4 Å². The summed E-state index contributed by atoms with van der Waals surface area (Å²) < 4.78 is 0. The van der Waals surface area contributed by atoms with E-state index in [1.807, 2.05) is 0 Å². The van der Waals surface area contributed by atoms with Gasteiger partial charge in [-0.2, -0.15) is 0 Å². The summed E-state index contributed by atoms with van der Waals surface area (Å²) in [5, 5.41) is 13.6. The van der Waals surface area contributed by atoms with Gasteiger partial charge >= 0.3 is 0 Å². The second-order valence-corrected chi connectivity index (χ2v) is 4.54. The molecule has 4 N–H and O–H groups in total. The highest BCUT2D eigenvalue weighted by Gasteiger charge is 2.34. The van der Waals surface area contributed by atoms with Crippen molar-refractivity contribution in [3.8, 4) is 0 Å². The number of halogens is 1. The van der Waals surface area contributed by atoms with Crippen LogP contribution in [-0.4, -0.2) is 17.3 Å². The molecule has 3 nitrogen and oxygen atoms in total. The largest absolute Gasteiger partial charge is 0.397 e. The Morgan fingerprint density at radius 3 is 2.73 bits per heavy atom. The van der Waals surface area contributed by atoms with Crippen LogP contribution in [0, 0.1) is 0 Å². The Morgan fingerprint density at radius 1 is 1.47 bits per heavy atom. The number of hydrogen-bond donors (Lipinski definition) is 3. The number of nitrogen functional groups attached to an aromatic ring is 1. The maximum absolute atomic E-state index is 9.91. The summed E-state index contributed by atoms with van der Waals surface area (Å²) in [6.07, 6.45) is 2.80. The third kappa shape index (κ3) is 2.19. The smallest absolute Gasteiger partial charge is 0.0819 e. The average molecular weight is 227 g/mol. The fourth-order valence-corrected chi connectivity index (χ4v) is 1.99. The summed E-state index contributed by atoms with van der Waals surface area (Å²) in [5.41, 5.74) is 6.56. The van der Waals surface area contributed by atoms with Gasteiger partial charge < -0.3 is 16.2 Å². The van der Waals surface area contributed by atoms with Gasteiger partial charge in [0.1, 0.15) is 0 Å². The Morgan fingerprint density at radius 2 is 2.20 bits per heavy atom. The number of aliphatic hydroxyl groups is 1. The molecule has 1 aromatic carbocycles. The zero-order valence-corrected chi connectivity index (χ0v) is 9.22. The van der Waals surface area contributed by atoms with Crippen LogP contribution in [0.15, 0.2) is 18.2 Å². The lowest BCUT2D eigenvalue weighted by atomic mass is 9.80. The van der Waals surface area contributed by atoms with Crippen molar-refractivity contribution in [2.75, 3.05) is 17.6 Å². The van der Waals surface area contributed by atoms with Gasteiger partial charge in [-0.25, -0.2) is 0 Å². The molecular formula is C11H15ClN2O. The molecule has 1 aliphatic carbocycles. The number of nitrogens with one attached hydrogen (secondary N) is 1. The molecule has 0 radical (unpaired) electrons. The lowest BCUT2D eigenvalue weighted by Gasteiger charge is -2.37. The van der Waals surface area contributed by atoms with Gasteiger partial charge in [0.2, 0.25) is 0 Å². The fraction of sp³-hybridized carbons (Fsp3) is 0.455. The van der Waals surface area contributed by atoms with E-state index in [1.165, 1.54) is 0 Å². The Labute approximate surface area is 94.2 Å². The number of hydrogen-bond acceptors (Lipinski definition) is 3. The molecule has 0 atom stereocenters. The molecule has 1 fully saturated rings. The highest BCUT2D eigenvalue weighted by molar-refractivity contribution is 6.33. The minimum Gasteiger partial charge on any atom is -0.397 e. The molecule has 0 saturated heterocycles. The van der Waals surface area contributed by atoms with E-state index in [2.05, 4.69) is 5.32 Å². The number of anilines is 2. The van der Waals surface area contributed by atoms with Gasteiger partial charge in [-0.1, -0.05) is 17.7 Å². The number of nitrogens with two attached hydrogens (primary N) is 1. The molecule has 15 heavy (non-hydrogen) atoms. The minimum absolute atomic E-state index is 0.515. The van der Waals surface area contributed by atoms with Crippen LogP contribution in [0.25, 0.3) is 0 Å². The van der Waals surface area contributed by atoms with Gasteiger partial charge in [-0.3, -0.25) is 0 Å². The first-order chi connectivity index (χ1) is 7.11. The molecule has 1 aliphatic rings. The van der Waals surface area contributed by atoms with Crippen molar-refractivity contribution < 1.29 is 5.11 Å². The van der Waals surface area contributed by atoms with E-state index in [9.17, 15) is 5.11 Å². The predicted octanol–water partition coefficient (Wildman–Crippen LogP) is 2.25. The SMILES string of the molecule is Nc1cccc(Cl)c1NCC1(O)CCC1. The summed E-state index contributed by atoms with van der Waals surface area (Å²) in [4.78, 5) is 0. The molecule has 1 saturated carbocycles. The second-order valence-electron chi connectivity index (χ2n) is 4.14. The fourth-order valence-electron chi connectivity index (χ4n) is 1.74. The zero-order chi connectivity index (χ0) is 10.9. The molecule has 0 aromatic heterocycles. The van der Waals surface area contributed by atoms with E-state index >= 15 is 0 Å². The number of para-hydroxylation sites is 1. The highest BCUT2D eigenvalue weighted by Crippen LogP contribution is 2.34. The van der Waals surface area contributed by atoms with Gasteiger partial charge in [0.05, 0.1) is 22.0 Å². The molecule has 0 spiro atoms. The van der Waals surface area contributed by atoms with Crippen molar-refractivity contribution in [2.45, 2.75) is 24.9 Å². The maximum Gasteiger partial charge on any atom is 0.0819 e. The predicted molar refractivity (Wildman–Crippen MR) is 63.2 cm³/mol. The van der Waals surface area contributed by atoms with Crippen LogP contribution in [0.4, 0.5) is 11.4 Å². The maximum atomic E-state index is 9.91. The molecular weight excluding hydrogens is 212 g/mol. The summed E-state index contributed by atoms with van der Waals surface area (Å²) in [7, 11) is 0. The van der Waals surface area contributed by atoms with Crippen molar-refractivity contribution in [3.05, 3.63) is 23.2 Å². The summed E-state index contributed by atoms with van der Waals surface area (Å²) in [6.45, 7) is 0.515. The van der Waals surface area contributed by atoms with Crippen LogP contribution in [0.2, 0.25) is 5.02 Å². The average Bonchev–Trinajstić information content (AvgIpc) is 2.14. The molecule has 4 heteroatoms. The van der Waals surface area contributed by atoms with Crippen molar-refractivity contribution in [2.24, 2.45) is 0 Å². The molecule has 2 rings (SSSR count). The van der Waals surface area contributed by atoms with E-state index in [0.717, 1.165) is 24.9 Å². The lowest BCUT2D eigenvalue weighted by molar-refractivity contribution is -0.0201. The quantitative estimate of drug-likeness (QED) is 0.693. The standard InChI is InChI=1S/C11H15ClN2O/c12-8-3-1-4-9(13)10(8)14-7-11(15)5-2-6-11/h1,3-4,14-15H,2,5-7,13H2. The van der Waals surface area contributed by atoms with E-state index in [4.69, 9.17) is 17.3 Å². The van der Waals surface area contributed by atoms with Crippen LogP contribution in [0.1, 0.15) is 19.3 Å². The van der Waals surface area contributed by atoms with Crippen LogP contribution in [0.3, 0.4) is 0 Å². The molecule has 0 heterocycles. The van der Waals surface area contributed by atoms with Crippen molar-refractivity contribution in [1.82, 2.24) is 0 Å². The van der Waals surface area contributed by atoms with Crippen LogP contribution >= 0.6 is 11.6 Å². The van der Waals surface area contributed by atoms with E-state index < -0.39 is 5.60 Å². The molecule has 0 aliphatic heterocycles. The van der Waals surface area contributed by atoms with Crippen LogP contribution in [-0.2, 0) is 0 Å². The summed E-state index contributed by atoms with van der Waals surface area (Å²) in [6, 6.07) is 5.38. The van der Waals surface area contributed by atoms with E-state index in [-0.39, 0.29) is 0 Å². The number of rotatable bonds is 3. The minimum atomic E-state index is -0.564. The van der Waals surface area contributed by atoms with Crippen LogP contribution < -0.4 is 11.1 Å². The first kappa shape index (κ1) is 10.6. The van der Waals surface area contributed by atoms with Crippen LogP contribution in [0.5, 0.6) is 0 Å². The van der Waals surface area contributed by atoms with Crippen molar-refractivity contribution in [3.63, 3.8) is 0 Å². The first-order valence-corrected chi connectivity index (χ1v) is 5.49. The second kappa shape index (κ2) is 3.91. The molecule has 0 amide bonds. The Balaban J connectivity index is 2.04. The van der Waals surface area contributed by atoms with Crippen molar-refractivity contribution in [1.29, 1.82) is 0 Å². The lowest BCUT2D eigenvalue weighted by Crippen LogP contribution is -2.43. The normalized spacial score (nSPS) is 18.3. The Kier molecular flexibility index (Phi) is 2.76. The van der Waals surface area contributed by atoms with Gasteiger partial charge in [0, 0.05) is 6.54 Å². The van der Waals surface area contributed by atoms with Crippen molar-refractivity contribution >= 4 is 23.0 Å². The third-order valence-electron chi connectivity index (χ3n) is 2.92. The topological polar surface area (TPSA) is 58.3 Å². The van der Waals surface area contributed by atoms with E-state index in [0.29, 0.717) is 17.3 Å². The number of benzene rings is 1. The monoisotopic (exact) mass is 226 g/mol. The first-order valence-electron chi connectivity index (χ1n) is 5.11. The highest BCUT2D eigenvalue weighted by atomic mass is 35.5.